The van der Waals surface area contributed by atoms with Crippen LogP contribution in [0.3, 0.4) is 0 Å². The van der Waals surface area contributed by atoms with Crippen LogP contribution in [-0.4, -0.2) is 61.8 Å². The van der Waals surface area contributed by atoms with Crippen molar-refractivity contribution in [3.8, 4) is 17.3 Å². The number of amides is 1. The van der Waals surface area contributed by atoms with E-state index >= 15 is 0 Å². The van der Waals surface area contributed by atoms with Gasteiger partial charge in [0.05, 0.1) is 41.9 Å². The first-order valence-corrected chi connectivity index (χ1v) is 12.8. The lowest BCUT2D eigenvalue weighted by atomic mass is 9.99. The van der Waals surface area contributed by atoms with Crippen LogP contribution in [0.2, 0.25) is 0 Å². The molecule has 0 bridgehead atoms. The van der Waals surface area contributed by atoms with Crippen LogP contribution in [0.1, 0.15) is 54.8 Å². The van der Waals surface area contributed by atoms with Gasteiger partial charge in [0.2, 0.25) is 11.5 Å². The molecule has 0 N–H and O–H groups in total. The minimum Gasteiger partial charge on any atom is -0.449 e. The van der Waals surface area contributed by atoms with Gasteiger partial charge in [0.15, 0.2) is 5.58 Å². The monoisotopic (exact) mass is 531 g/mol. The fourth-order valence-electron chi connectivity index (χ4n) is 4.90. The molecule has 1 saturated heterocycles. The predicted molar refractivity (Wildman–Crippen MR) is 140 cm³/mol. The van der Waals surface area contributed by atoms with Crippen LogP contribution in [0.25, 0.3) is 22.4 Å². The summed E-state index contributed by atoms with van der Waals surface area (Å²) in [5.74, 6) is -0.545. The predicted octanol–water partition coefficient (Wildman–Crippen LogP) is 3.98. The maximum atomic E-state index is 13.8. The van der Waals surface area contributed by atoms with E-state index in [4.69, 9.17) is 18.9 Å². The molecule has 12 heteroatoms. The standard InChI is InChI=1S/C27H29N7O5/c1-5-20-10-19(7-8-38-20)34(27(36)37-6-2)24-23-21(39-26(24)25(35)18-13-30-33(4)15-18)9-16(11-28)22(31-23)17-12-29-32(3)14-17/h9,12-15,19-20H,5-8,10H2,1-4H3/t19-,20-/m0/s1. The largest absolute Gasteiger partial charge is 0.449 e. The Hall–Kier alpha value is -4.50. The van der Waals surface area contributed by atoms with Crippen molar-refractivity contribution >= 4 is 28.7 Å². The van der Waals surface area contributed by atoms with Crippen molar-refractivity contribution in [2.24, 2.45) is 14.1 Å². The van der Waals surface area contributed by atoms with Crippen molar-refractivity contribution in [3.05, 3.63) is 47.7 Å². The number of nitrogens with zero attached hydrogens (tertiary/aromatic N) is 7. The zero-order valence-electron chi connectivity index (χ0n) is 22.2. The summed E-state index contributed by atoms with van der Waals surface area (Å²) in [5.41, 5.74) is 2.19. The van der Waals surface area contributed by atoms with Crippen LogP contribution in [0, 0.1) is 11.3 Å². The Kier molecular flexibility index (Phi) is 7.17. The Labute approximate surface area is 224 Å². The molecule has 4 aromatic heterocycles. The Bertz CT molecular complexity index is 1580. The molecule has 5 rings (SSSR count). The lowest BCUT2D eigenvalue weighted by molar-refractivity contribution is 0.00467. The number of ether oxygens (including phenoxy) is 2. The molecule has 12 nitrogen and oxygen atoms in total. The normalized spacial score (nSPS) is 17.2. The van der Waals surface area contributed by atoms with Gasteiger partial charge in [-0.05, 0) is 26.2 Å². The summed E-state index contributed by atoms with van der Waals surface area (Å²) in [6.45, 7) is 4.34. The van der Waals surface area contributed by atoms with E-state index < -0.39 is 11.9 Å². The minimum absolute atomic E-state index is 0.0552. The van der Waals surface area contributed by atoms with Gasteiger partial charge < -0.3 is 13.9 Å². The summed E-state index contributed by atoms with van der Waals surface area (Å²) in [7, 11) is 3.47. The molecule has 1 aliphatic rings. The van der Waals surface area contributed by atoms with Crippen LogP contribution in [0.5, 0.6) is 0 Å². The quantitative estimate of drug-likeness (QED) is 0.324. The Morgan fingerprint density at radius 2 is 1.97 bits per heavy atom. The molecule has 202 valence electrons. The van der Waals surface area contributed by atoms with E-state index in [9.17, 15) is 14.9 Å². The van der Waals surface area contributed by atoms with E-state index in [2.05, 4.69) is 16.3 Å². The molecule has 1 fully saturated rings. The van der Waals surface area contributed by atoms with Gasteiger partial charge >= 0.3 is 6.09 Å². The van der Waals surface area contributed by atoms with E-state index in [1.165, 1.54) is 21.8 Å². The molecule has 0 spiro atoms. The second-order valence-electron chi connectivity index (χ2n) is 9.41. The van der Waals surface area contributed by atoms with E-state index in [1.54, 1.807) is 44.3 Å². The number of furan rings is 1. The van der Waals surface area contributed by atoms with Crippen LogP contribution in [0.15, 0.2) is 35.3 Å². The molecule has 4 aromatic rings. The third-order valence-electron chi connectivity index (χ3n) is 6.78. The summed E-state index contributed by atoms with van der Waals surface area (Å²) in [5, 5.41) is 18.2. The first-order valence-electron chi connectivity index (χ1n) is 12.8. The molecule has 1 amide bonds. The molecule has 0 unspecified atom stereocenters. The molecule has 5 heterocycles. The van der Waals surface area contributed by atoms with Crippen molar-refractivity contribution < 1.29 is 23.5 Å². The number of ketones is 1. The van der Waals surface area contributed by atoms with Crippen molar-refractivity contribution in [1.82, 2.24) is 24.5 Å². The number of anilines is 1. The van der Waals surface area contributed by atoms with Crippen LogP contribution in [-0.2, 0) is 23.6 Å². The fraction of sp³-hybridized carbons (Fsp3) is 0.407. The van der Waals surface area contributed by atoms with Gasteiger partial charge in [-0.2, -0.15) is 15.5 Å². The Balaban J connectivity index is 1.78. The number of hydrogen-bond donors (Lipinski definition) is 0. The number of carbonyl (C=O) groups excluding carboxylic acids is 2. The highest BCUT2D eigenvalue weighted by Crippen LogP contribution is 2.40. The van der Waals surface area contributed by atoms with Crippen LogP contribution >= 0.6 is 0 Å². The topological polar surface area (TPSA) is 141 Å². The van der Waals surface area contributed by atoms with Gasteiger partial charge in [0.1, 0.15) is 17.3 Å². The van der Waals surface area contributed by atoms with Crippen molar-refractivity contribution in [2.45, 2.75) is 45.3 Å². The molecule has 2 atom stereocenters. The number of aromatic nitrogens is 5. The zero-order chi connectivity index (χ0) is 27.7. The van der Waals surface area contributed by atoms with E-state index in [0.29, 0.717) is 30.7 Å². The van der Waals surface area contributed by atoms with Crippen molar-refractivity contribution in [1.29, 1.82) is 5.26 Å². The van der Waals surface area contributed by atoms with Gasteiger partial charge in [0, 0.05) is 50.8 Å². The number of carbonyl (C=O) groups is 2. The highest BCUT2D eigenvalue weighted by molar-refractivity contribution is 6.16. The number of hydrogen-bond acceptors (Lipinski definition) is 9. The Morgan fingerprint density at radius 3 is 2.62 bits per heavy atom. The fourth-order valence-corrected chi connectivity index (χ4v) is 4.90. The highest BCUT2D eigenvalue weighted by atomic mass is 16.6. The zero-order valence-corrected chi connectivity index (χ0v) is 22.2. The molecule has 0 radical (unpaired) electrons. The average Bonchev–Trinajstić information content (AvgIpc) is 3.66. The molecule has 1 aliphatic heterocycles. The van der Waals surface area contributed by atoms with Crippen molar-refractivity contribution in [2.75, 3.05) is 18.1 Å². The molecular weight excluding hydrogens is 502 g/mol. The van der Waals surface area contributed by atoms with Gasteiger partial charge in [-0.25, -0.2) is 9.78 Å². The number of fused-ring (bicyclic) bond motifs is 1. The third kappa shape index (κ3) is 4.88. The SMILES string of the molecule is CCOC(=O)N(c1c(C(=O)c2cnn(C)c2)oc2cc(C#N)c(-c3cnn(C)c3)nc12)[C@H]1CCO[C@@H](CC)C1. The highest BCUT2D eigenvalue weighted by Gasteiger charge is 2.38. The Morgan fingerprint density at radius 1 is 1.21 bits per heavy atom. The molecule has 0 saturated carbocycles. The van der Waals surface area contributed by atoms with Crippen LogP contribution < -0.4 is 4.90 Å². The number of rotatable bonds is 7. The summed E-state index contributed by atoms with van der Waals surface area (Å²) >= 11 is 0. The molecule has 0 aromatic carbocycles. The van der Waals surface area contributed by atoms with E-state index in [1.807, 2.05) is 6.92 Å². The second kappa shape index (κ2) is 10.7. The number of aryl methyl sites for hydroxylation is 2. The smallest absolute Gasteiger partial charge is 0.414 e. The maximum Gasteiger partial charge on any atom is 0.414 e. The van der Waals surface area contributed by atoms with Gasteiger partial charge in [-0.3, -0.25) is 19.1 Å². The lowest BCUT2D eigenvalue weighted by Crippen LogP contribution is -2.46. The first-order chi connectivity index (χ1) is 18.8. The van der Waals surface area contributed by atoms with E-state index in [0.717, 1.165) is 6.42 Å². The number of nitriles is 1. The third-order valence-corrected chi connectivity index (χ3v) is 6.78. The van der Waals surface area contributed by atoms with Crippen LogP contribution in [0.4, 0.5) is 10.5 Å². The van der Waals surface area contributed by atoms with Gasteiger partial charge in [-0.1, -0.05) is 6.92 Å². The molecule has 0 aliphatic carbocycles. The molecule has 39 heavy (non-hydrogen) atoms. The van der Waals surface area contributed by atoms with Gasteiger partial charge in [-0.15, -0.1) is 0 Å². The maximum absolute atomic E-state index is 13.8. The minimum atomic E-state index is -0.615. The lowest BCUT2D eigenvalue weighted by Gasteiger charge is -2.36. The van der Waals surface area contributed by atoms with Gasteiger partial charge in [0.25, 0.3) is 0 Å². The first kappa shape index (κ1) is 26.1. The summed E-state index contributed by atoms with van der Waals surface area (Å²) in [6.07, 6.45) is 7.54. The average molecular weight is 532 g/mol. The molecular formula is C27H29N7O5. The second-order valence-corrected chi connectivity index (χ2v) is 9.41. The number of pyridine rings is 1. The van der Waals surface area contributed by atoms with E-state index in [-0.39, 0.29) is 52.4 Å². The summed E-state index contributed by atoms with van der Waals surface area (Å²) < 4.78 is 20.6. The summed E-state index contributed by atoms with van der Waals surface area (Å²) in [6, 6.07) is 3.37. The summed E-state index contributed by atoms with van der Waals surface area (Å²) in [4.78, 5) is 33.7. The van der Waals surface area contributed by atoms with Crippen molar-refractivity contribution in [3.63, 3.8) is 0 Å².